The molecule has 0 amide bonds. The molecular weight excluding hydrogens is 503 g/mol. The lowest BCUT2D eigenvalue weighted by Gasteiger charge is -2.38. The average molecular weight is 538 g/mol. The molecule has 1 atom stereocenters. The molecule has 0 radical (unpaired) electrons. The van der Waals surface area contributed by atoms with Gasteiger partial charge in [-0.25, -0.2) is 8.42 Å². The molecule has 1 aliphatic rings. The first-order valence-corrected chi connectivity index (χ1v) is 17.4. The van der Waals surface area contributed by atoms with Gasteiger partial charge in [0.25, 0.3) is 0 Å². The van der Waals surface area contributed by atoms with Crippen LogP contribution in [0.2, 0.25) is 18.1 Å². The van der Waals surface area contributed by atoms with Crippen molar-refractivity contribution in [2.24, 2.45) is 0 Å². The zero-order chi connectivity index (χ0) is 26.0. The molecule has 0 spiro atoms. The summed E-state index contributed by atoms with van der Waals surface area (Å²) in [6, 6.07) is 28.6. The van der Waals surface area contributed by atoms with Gasteiger partial charge in [0.05, 0.1) is 17.5 Å². The van der Waals surface area contributed by atoms with Crippen LogP contribution >= 0.6 is 11.8 Å². The van der Waals surface area contributed by atoms with Crippen LogP contribution in [-0.2, 0) is 14.4 Å². The van der Waals surface area contributed by atoms with Gasteiger partial charge < -0.3 is 4.43 Å². The smallest absolute Gasteiger partial charge is 0.244 e. The van der Waals surface area contributed by atoms with Crippen LogP contribution in [0.3, 0.4) is 0 Å². The summed E-state index contributed by atoms with van der Waals surface area (Å²) >= 11 is 1.64. The summed E-state index contributed by atoms with van der Waals surface area (Å²) in [5, 5.41) is 0.0208. The van der Waals surface area contributed by atoms with Crippen LogP contribution in [0, 0.1) is 0 Å². The third-order valence-corrected chi connectivity index (χ3v) is 14.6. The Hall–Kier alpha value is -2.16. The molecule has 0 fully saturated rings. The molecule has 0 bridgehead atoms. The van der Waals surface area contributed by atoms with Crippen molar-refractivity contribution in [3.63, 3.8) is 0 Å². The van der Waals surface area contributed by atoms with E-state index >= 15 is 0 Å². The first-order valence-electron chi connectivity index (χ1n) is 12.2. The lowest BCUT2D eigenvalue weighted by Crippen LogP contribution is -2.46. The van der Waals surface area contributed by atoms with Crippen LogP contribution < -0.4 is 0 Å². The molecule has 3 aromatic carbocycles. The van der Waals surface area contributed by atoms with E-state index in [1.54, 1.807) is 40.3 Å². The Morgan fingerprint density at radius 2 is 1.42 bits per heavy atom. The van der Waals surface area contributed by atoms with Crippen molar-refractivity contribution in [2.75, 3.05) is 13.2 Å². The summed E-state index contributed by atoms with van der Waals surface area (Å²) in [5.41, 5.74) is 2.06. The molecule has 0 aliphatic carbocycles. The van der Waals surface area contributed by atoms with E-state index in [0.29, 0.717) is 18.0 Å². The molecule has 0 saturated heterocycles. The normalized spacial score (nSPS) is 17.5. The summed E-state index contributed by atoms with van der Waals surface area (Å²) in [5.74, 6) is 0. The molecule has 190 valence electrons. The second-order valence-electron chi connectivity index (χ2n) is 10.6. The van der Waals surface area contributed by atoms with E-state index in [1.165, 1.54) is 0 Å². The van der Waals surface area contributed by atoms with Crippen molar-refractivity contribution in [3.05, 3.63) is 101 Å². The van der Waals surface area contributed by atoms with Crippen LogP contribution in [0.1, 0.15) is 26.3 Å². The van der Waals surface area contributed by atoms with Crippen molar-refractivity contribution < 1.29 is 12.8 Å². The van der Waals surface area contributed by atoms with Gasteiger partial charge in [0.1, 0.15) is 0 Å². The fraction of sp³-hybridized carbons (Fsp3) is 0.310. The third kappa shape index (κ3) is 5.71. The van der Waals surface area contributed by atoms with Crippen molar-refractivity contribution >= 4 is 35.7 Å². The van der Waals surface area contributed by atoms with Gasteiger partial charge >= 0.3 is 0 Å². The lowest BCUT2D eigenvalue weighted by molar-refractivity contribution is 0.234. The molecule has 1 aliphatic heterocycles. The maximum absolute atomic E-state index is 14.0. The minimum atomic E-state index is -3.74. The first-order chi connectivity index (χ1) is 17.0. The number of thioether (sulfide) groups is 1. The second-order valence-corrected chi connectivity index (χ2v) is 18.4. The third-order valence-electron chi connectivity index (χ3n) is 7.11. The van der Waals surface area contributed by atoms with E-state index in [0.717, 1.165) is 20.9 Å². The summed E-state index contributed by atoms with van der Waals surface area (Å²) in [7, 11) is -5.86. The summed E-state index contributed by atoms with van der Waals surface area (Å²) in [6.45, 7) is 11.7. The Bertz CT molecular complexity index is 1300. The van der Waals surface area contributed by atoms with Crippen LogP contribution in [0.4, 0.5) is 0 Å². The van der Waals surface area contributed by atoms with Gasteiger partial charge in [-0.3, -0.25) is 0 Å². The number of benzene rings is 3. The molecule has 0 N–H and O–H groups in total. The van der Waals surface area contributed by atoms with E-state index in [2.05, 4.69) is 58.1 Å². The fourth-order valence-electron chi connectivity index (χ4n) is 4.01. The minimum Gasteiger partial charge on any atom is -0.415 e. The maximum atomic E-state index is 14.0. The van der Waals surface area contributed by atoms with Crippen LogP contribution in [0.5, 0.6) is 0 Å². The summed E-state index contributed by atoms with van der Waals surface area (Å²) in [6.07, 6.45) is 0. The Labute approximate surface area is 221 Å². The zero-order valence-electron chi connectivity index (χ0n) is 21.6. The Morgan fingerprint density at radius 1 is 0.889 bits per heavy atom. The predicted octanol–water partition coefficient (Wildman–Crippen LogP) is 7.28. The van der Waals surface area contributed by atoms with Gasteiger partial charge in [-0.1, -0.05) is 99.3 Å². The predicted molar refractivity (Wildman–Crippen MR) is 153 cm³/mol. The standard InChI is InChI=1S/C29H35NO3S2Si/c1-29(2,3)36(4,5)33-22-26-28(23-15-9-6-10-16-23)27(34-24-17-11-7-12-18-24)21-30(26)35(31,32)25-19-13-8-14-20-25/h6-20,26H,21-22H2,1-5H3/t26-/m0/s1. The maximum Gasteiger partial charge on any atom is 0.244 e. The molecule has 1 heterocycles. The number of sulfonamides is 1. The highest BCUT2D eigenvalue weighted by Crippen LogP contribution is 2.45. The number of hydrogen-bond donors (Lipinski definition) is 0. The second kappa shape index (κ2) is 10.7. The quantitative estimate of drug-likeness (QED) is 0.283. The summed E-state index contributed by atoms with van der Waals surface area (Å²) in [4.78, 5) is 2.43. The van der Waals surface area contributed by atoms with Gasteiger partial charge in [-0.15, -0.1) is 0 Å². The molecule has 0 unspecified atom stereocenters. The lowest BCUT2D eigenvalue weighted by atomic mass is 10.0. The van der Waals surface area contributed by atoms with Gasteiger partial charge in [-0.2, -0.15) is 4.31 Å². The van der Waals surface area contributed by atoms with Crippen LogP contribution in [-0.4, -0.2) is 40.2 Å². The van der Waals surface area contributed by atoms with Crippen molar-refractivity contribution in [1.29, 1.82) is 0 Å². The monoisotopic (exact) mass is 537 g/mol. The Kier molecular flexibility index (Phi) is 7.97. The topological polar surface area (TPSA) is 46.6 Å². The van der Waals surface area contributed by atoms with E-state index in [1.807, 2.05) is 42.5 Å². The van der Waals surface area contributed by atoms with Gasteiger partial charge in [0.15, 0.2) is 8.32 Å². The number of rotatable bonds is 8. The molecule has 4 nitrogen and oxygen atoms in total. The van der Waals surface area contributed by atoms with E-state index in [4.69, 9.17) is 4.43 Å². The zero-order valence-corrected chi connectivity index (χ0v) is 24.3. The highest BCUT2D eigenvalue weighted by atomic mass is 32.2. The fourth-order valence-corrected chi connectivity index (χ4v) is 7.81. The Balaban J connectivity index is 1.82. The van der Waals surface area contributed by atoms with Crippen molar-refractivity contribution in [1.82, 2.24) is 4.31 Å². The average Bonchev–Trinajstić information content (AvgIpc) is 3.22. The molecule has 36 heavy (non-hydrogen) atoms. The first kappa shape index (κ1) is 26.9. The van der Waals surface area contributed by atoms with Crippen LogP contribution in [0.25, 0.3) is 5.57 Å². The molecule has 7 heteroatoms. The van der Waals surface area contributed by atoms with E-state index in [-0.39, 0.29) is 5.04 Å². The summed E-state index contributed by atoms with van der Waals surface area (Å²) < 4.78 is 36.3. The molecule has 0 saturated carbocycles. The van der Waals surface area contributed by atoms with E-state index in [9.17, 15) is 8.42 Å². The largest absolute Gasteiger partial charge is 0.415 e. The molecule has 4 rings (SSSR count). The highest BCUT2D eigenvalue weighted by Gasteiger charge is 2.44. The SMILES string of the molecule is CC(C)(C)[Si](C)(C)OC[C@H]1C(c2ccccc2)=C(Sc2ccccc2)CN1S(=O)(=O)c1ccccc1. The van der Waals surface area contributed by atoms with Gasteiger partial charge in [-0.05, 0) is 53.5 Å². The molecule has 3 aromatic rings. The van der Waals surface area contributed by atoms with Crippen molar-refractivity contribution in [3.8, 4) is 0 Å². The van der Waals surface area contributed by atoms with Crippen LogP contribution in [0.15, 0.2) is 106 Å². The molecule has 0 aromatic heterocycles. The number of nitrogens with zero attached hydrogens (tertiary/aromatic N) is 1. The van der Waals surface area contributed by atoms with Gasteiger partial charge in [0.2, 0.25) is 10.0 Å². The molecular formula is C29H35NO3S2Si. The van der Waals surface area contributed by atoms with Crippen molar-refractivity contribution in [2.45, 2.75) is 54.7 Å². The van der Waals surface area contributed by atoms with Gasteiger partial charge in [0, 0.05) is 16.3 Å². The number of hydrogen-bond acceptors (Lipinski definition) is 4. The Morgan fingerprint density at radius 3 is 1.97 bits per heavy atom. The highest BCUT2D eigenvalue weighted by molar-refractivity contribution is 8.03. The minimum absolute atomic E-state index is 0.0208. The van der Waals surface area contributed by atoms with E-state index < -0.39 is 24.4 Å².